The Morgan fingerprint density at radius 2 is 1.72 bits per heavy atom. The van der Waals surface area contributed by atoms with Crippen molar-refractivity contribution in [2.75, 3.05) is 51.3 Å². The Bertz CT molecular complexity index is 1290. The first-order chi connectivity index (χ1) is 20.4. The van der Waals surface area contributed by atoms with Gasteiger partial charge in [0, 0.05) is 64.5 Å². The number of methoxy groups -OCH3 is 1. The molecular formula is C34H47ClN4O4. The molecule has 2 amide bonds. The van der Waals surface area contributed by atoms with Gasteiger partial charge in [-0.1, -0.05) is 24.3 Å². The molecule has 43 heavy (non-hydrogen) atoms. The lowest BCUT2D eigenvalue weighted by molar-refractivity contribution is -0.00129. The number of nitrogens with one attached hydrogen (secondary N) is 1. The summed E-state index contributed by atoms with van der Waals surface area (Å²) in [7, 11) is 1.81. The highest BCUT2D eigenvalue weighted by atomic mass is 35.5. The van der Waals surface area contributed by atoms with E-state index < -0.39 is 6.10 Å². The minimum absolute atomic E-state index is 0. The van der Waals surface area contributed by atoms with Crippen LogP contribution in [0, 0.1) is 5.41 Å². The molecule has 2 N–H and O–H groups in total. The summed E-state index contributed by atoms with van der Waals surface area (Å²) >= 11 is 0. The smallest absolute Gasteiger partial charge is 0.256 e. The van der Waals surface area contributed by atoms with Crippen LogP contribution in [0.1, 0.15) is 77.3 Å². The fourth-order valence-electron chi connectivity index (χ4n) is 7.65. The van der Waals surface area contributed by atoms with Crippen LogP contribution >= 0.6 is 12.4 Å². The van der Waals surface area contributed by atoms with Crippen LogP contribution in [0.2, 0.25) is 0 Å². The van der Waals surface area contributed by atoms with Gasteiger partial charge in [-0.2, -0.15) is 0 Å². The number of likely N-dealkylation sites (N-methyl/N-ethyl adjacent to an activating group) is 1. The molecule has 2 atom stereocenters. The monoisotopic (exact) mass is 610 g/mol. The van der Waals surface area contributed by atoms with E-state index in [9.17, 15) is 14.7 Å². The Kier molecular flexibility index (Phi) is 10.0. The van der Waals surface area contributed by atoms with Crippen LogP contribution in [0.15, 0.2) is 42.5 Å². The molecule has 2 aromatic carbocycles. The molecule has 1 aliphatic carbocycles. The number of aliphatic hydroxyl groups excluding tert-OH is 1. The zero-order valence-electron chi connectivity index (χ0n) is 25.6. The van der Waals surface area contributed by atoms with E-state index in [1.165, 1.54) is 24.0 Å². The SMILES string of the molecule is CCN1CCN(CC(O)[C@@H]2Cc3ccccc3CN2)C(=O)c2ccc(C(=O)N3CCC4(CCC(OC)CC4)CC3)cc21.Cl. The molecule has 4 aliphatic rings. The number of ether oxygens (including phenoxy) is 1. The van der Waals surface area contributed by atoms with E-state index in [-0.39, 0.29) is 36.8 Å². The number of halogens is 1. The van der Waals surface area contributed by atoms with E-state index in [0.717, 1.165) is 64.0 Å². The normalized spacial score (nSPS) is 22.8. The molecule has 0 aromatic heterocycles. The van der Waals surface area contributed by atoms with Crippen LogP contribution in [0.3, 0.4) is 0 Å². The molecule has 1 saturated heterocycles. The quantitative estimate of drug-likeness (QED) is 0.508. The van der Waals surface area contributed by atoms with Crippen molar-refractivity contribution < 1.29 is 19.4 Å². The predicted molar refractivity (Wildman–Crippen MR) is 171 cm³/mol. The largest absolute Gasteiger partial charge is 0.390 e. The molecule has 1 spiro atoms. The second kappa shape index (κ2) is 13.6. The Morgan fingerprint density at radius 3 is 2.42 bits per heavy atom. The van der Waals surface area contributed by atoms with Gasteiger partial charge >= 0.3 is 0 Å². The molecule has 234 valence electrons. The molecule has 3 aliphatic heterocycles. The van der Waals surface area contributed by atoms with E-state index in [0.29, 0.717) is 35.7 Å². The van der Waals surface area contributed by atoms with Crippen molar-refractivity contribution in [2.45, 2.75) is 76.7 Å². The molecule has 6 rings (SSSR count). The highest BCUT2D eigenvalue weighted by Gasteiger charge is 2.39. The Labute approximate surface area is 262 Å². The number of piperidine rings is 1. The van der Waals surface area contributed by atoms with Crippen molar-refractivity contribution in [1.29, 1.82) is 0 Å². The number of hydrogen-bond acceptors (Lipinski definition) is 6. The molecule has 1 saturated carbocycles. The van der Waals surface area contributed by atoms with Gasteiger partial charge in [-0.3, -0.25) is 9.59 Å². The van der Waals surface area contributed by atoms with Gasteiger partial charge in [-0.25, -0.2) is 0 Å². The predicted octanol–water partition coefficient (Wildman–Crippen LogP) is 4.28. The molecule has 0 bridgehead atoms. The molecule has 0 radical (unpaired) electrons. The van der Waals surface area contributed by atoms with Crippen LogP contribution < -0.4 is 10.2 Å². The number of likely N-dealkylation sites (tertiary alicyclic amines) is 1. The summed E-state index contributed by atoms with van der Waals surface area (Å²) in [6.45, 7) is 6.59. The van der Waals surface area contributed by atoms with E-state index >= 15 is 0 Å². The zero-order chi connectivity index (χ0) is 29.3. The average Bonchev–Trinajstić information content (AvgIpc) is 3.16. The summed E-state index contributed by atoms with van der Waals surface area (Å²) in [5.41, 5.74) is 4.95. The molecular weight excluding hydrogens is 564 g/mol. The van der Waals surface area contributed by atoms with Crippen molar-refractivity contribution in [3.8, 4) is 0 Å². The number of rotatable bonds is 6. The maximum Gasteiger partial charge on any atom is 0.256 e. The molecule has 1 unspecified atom stereocenters. The van der Waals surface area contributed by atoms with Gasteiger partial charge < -0.3 is 29.9 Å². The van der Waals surface area contributed by atoms with E-state index in [1.807, 2.05) is 42.3 Å². The number of aliphatic hydroxyl groups is 1. The summed E-state index contributed by atoms with van der Waals surface area (Å²) in [4.78, 5) is 33.4. The number of nitrogens with zero attached hydrogens (tertiary/aromatic N) is 3. The van der Waals surface area contributed by atoms with Crippen molar-refractivity contribution in [3.05, 3.63) is 64.7 Å². The van der Waals surface area contributed by atoms with Crippen molar-refractivity contribution >= 4 is 29.9 Å². The Balaban J connectivity index is 0.00000368. The third-order valence-corrected chi connectivity index (χ3v) is 10.5. The maximum atomic E-state index is 13.8. The minimum atomic E-state index is -0.674. The number of fused-ring (bicyclic) bond motifs is 2. The zero-order valence-corrected chi connectivity index (χ0v) is 26.4. The first-order valence-corrected chi connectivity index (χ1v) is 15.9. The van der Waals surface area contributed by atoms with Gasteiger partial charge in [-0.15, -0.1) is 12.4 Å². The van der Waals surface area contributed by atoms with Gasteiger partial charge in [0.2, 0.25) is 0 Å². The first kappa shape index (κ1) is 31.8. The number of amides is 2. The van der Waals surface area contributed by atoms with Crippen molar-refractivity contribution in [1.82, 2.24) is 15.1 Å². The van der Waals surface area contributed by atoms with Crippen LogP contribution in [0.4, 0.5) is 5.69 Å². The Hall–Kier alpha value is -2.65. The van der Waals surface area contributed by atoms with Crippen LogP contribution in [0.25, 0.3) is 0 Å². The van der Waals surface area contributed by atoms with Crippen molar-refractivity contribution in [3.63, 3.8) is 0 Å². The minimum Gasteiger partial charge on any atom is -0.390 e. The molecule has 2 fully saturated rings. The molecule has 8 nitrogen and oxygen atoms in total. The summed E-state index contributed by atoms with van der Waals surface area (Å²) in [5, 5.41) is 14.6. The summed E-state index contributed by atoms with van der Waals surface area (Å²) < 4.78 is 5.58. The van der Waals surface area contributed by atoms with E-state index in [2.05, 4.69) is 29.3 Å². The second-order valence-electron chi connectivity index (χ2n) is 12.8. The third kappa shape index (κ3) is 6.58. The fraction of sp³-hybridized carbons (Fsp3) is 0.588. The highest BCUT2D eigenvalue weighted by molar-refractivity contribution is 6.03. The Morgan fingerprint density at radius 1 is 1.02 bits per heavy atom. The number of benzene rings is 2. The summed E-state index contributed by atoms with van der Waals surface area (Å²) in [6.07, 6.45) is 7.19. The van der Waals surface area contributed by atoms with Gasteiger partial charge in [0.25, 0.3) is 11.8 Å². The first-order valence-electron chi connectivity index (χ1n) is 15.9. The highest BCUT2D eigenvalue weighted by Crippen LogP contribution is 2.45. The van der Waals surface area contributed by atoms with Gasteiger partial charge in [0.1, 0.15) is 0 Å². The standard InChI is InChI=1S/C34H46N4O4.ClH/c1-3-36-18-19-38(23-31(39)29-20-24-6-4-5-7-26(24)22-35-29)33(41)28-9-8-25(21-30(28)36)32(40)37-16-14-34(15-17-37)12-10-27(42-2)11-13-34;/h4-9,21,27,29,31,35,39H,3,10-20,22-23H2,1-2H3;1H/t29-,31?;/m0./s1. The van der Waals surface area contributed by atoms with E-state index in [1.54, 1.807) is 4.90 Å². The number of hydrogen-bond donors (Lipinski definition) is 2. The van der Waals surface area contributed by atoms with Gasteiger partial charge in [0.05, 0.1) is 23.5 Å². The summed E-state index contributed by atoms with van der Waals surface area (Å²) in [5.74, 6) is -0.0244. The molecule has 9 heteroatoms. The van der Waals surface area contributed by atoms with Crippen molar-refractivity contribution in [2.24, 2.45) is 5.41 Å². The van der Waals surface area contributed by atoms with Crippen LogP contribution in [-0.4, -0.2) is 91.3 Å². The molecule has 2 aromatic rings. The van der Waals surface area contributed by atoms with Gasteiger partial charge in [-0.05, 0) is 86.6 Å². The lowest BCUT2D eigenvalue weighted by Gasteiger charge is -2.45. The lowest BCUT2D eigenvalue weighted by Crippen LogP contribution is -2.50. The second-order valence-corrected chi connectivity index (χ2v) is 12.8. The van der Waals surface area contributed by atoms with Crippen LogP contribution in [0.5, 0.6) is 0 Å². The number of β-amino-alcohol motifs (C(OH)–C–C–N with tert-alkyl or cyclic N) is 1. The maximum absolute atomic E-state index is 13.8. The fourth-order valence-corrected chi connectivity index (χ4v) is 7.65. The summed E-state index contributed by atoms with van der Waals surface area (Å²) in [6, 6.07) is 13.8. The number of anilines is 1. The number of carbonyl (C=O) groups is 2. The van der Waals surface area contributed by atoms with E-state index in [4.69, 9.17) is 4.74 Å². The topological polar surface area (TPSA) is 85.3 Å². The number of carbonyl (C=O) groups excluding carboxylic acids is 2. The lowest BCUT2D eigenvalue weighted by atomic mass is 9.67. The third-order valence-electron chi connectivity index (χ3n) is 10.5. The van der Waals surface area contributed by atoms with Crippen LogP contribution in [-0.2, 0) is 17.7 Å². The molecule has 3 heterocycles. The van der Waals surface area contributed by atoms with Gasteiger partial charge in [0.15, 0.2) is 0 Å². The average molecular weight is 611 g/mol.